The molecule has 0 radical (unpaired) electrons. The fourth-order valence-electron chi connectivity index (χ4n) is 1.06. The van der Waals surface area contributed by atoms with Gasteiger partial charge in [-0.15, -0.1) is 0 Å². The normalized spacial score (nSPS) is 10.2. The standard InChI is InChI=1S/C9H5ClF2N4/c10-5-3-1-2-4-6(5)13-9-15-7(11)14-8(12)16-9/h1-4H,(H,13,14,15,16). The van der Waals surface area contributed by atoms with E-state index in [0.29, 0.717) is 10.7 Å². The summed E-state index contributed by atoms with van der Waals surface area (Å²) < 4.78 is 25.3. The third-order valence-electron chi connectivity index (χ3n) is 1.70. The maximum absolute atomic E-state index is 12.7. The molecule has 0 spiro atoms. The molecule has 7 heteroatoms. The van der Waals surface area contributed by atoms with E-state index in [4.69, 9.17) is 11.6 Å². The summed E-state index contributed by atoms with van der Waals surface area (Å²) in [5.74, 6) is -0.238. The number of para-hydroxylation sites is 1. The minimum Gasteiger partial charge on any atom is -0.323 e. The number of aromatic nitrogens is 3. The molecule has 82 valence electrons. The molecule has 0 bridgehead atoms. The molecule has 0 saturated carbocycles. The largest absolute Gasteiger partial charge is 0.323 e. The van der Waals surface area contributed by atoms with E-state index in [2.05, 4.69) is 20.3 Å². The Kier molecular flexibility index (Phi) is 2.91. The van der Waals surface area contributed by atoms with E-state index in [9.17, 15) is 8.78 Å². The highest BCUT2D eigenvalue weighted by Gasteiger charge is 2.06. The second kappa shape index (κ2) is 4.36. The lowest BCUT2D eigenvalue weighted by molar-refractivity contribution is 0.458. The fraction of sp³-hybridized carbons (Fsp3) is 0. The van der Waals surface area contributed by atoms with Crippen LogP contribution in [-0.4, -0.2) is 15.0 Å². The second-order valence-corrected chi connectivity index (χ2v) is 3.21. The molecular weight excluding hydrogens is 238 g/mol. The van der Waals surface area contributed by atoms with E-state index >= 15 is 0 Å². The van der Waals surface area contributed by atoms with Crippen LogP contribution in [0.4, 0.5) is 20.4 Å². The van der Waals surface area contributed by atoms with Crippen LogP contribution in [0.2, 0.25) is 5.02 Å². The number of halogens is 3. The Morgan fingerprint density at radius 1 is 1.00 bits per heavy atom. The third-order valence-corrected chi connectivity index (χ3v) is 2.03. The van der Waals surface area contributed by atoms with Crippen molar-refractivity contribution in [2.75, 3.05) is 5.32 Å². The molecule has 1 N–H and O–H groups in total. The van der Waals surface area contributed by atoms with Crippen molar-refractivity contribution in [2.24, 2.45) is 0 Å². The van der Waals surface area contributed by atoms with Gasteiger partial charge in [0, 0.05) is 0 Å². The lowest BCUT2D eigenvalue weighted by atomic mass is 10.3. The Hall–Kier alpha value is -1.82. The fourth-order valence-corrected chi connectivity index (χ4v) is 1.25. The zero-order valence-electron chi connectivity index (χ0n) is 7.78. The van der Waals surface area contributed by atoms with Gasteiger partial charge < -0.3 is 5.32 Å². The van der Waals surface area contributed by atoms with Crippen molar-refractivity contribution >= 4 is 23.2 Å². The van der Waals surface area contributed by atoms with Crippen molar-refractivity contribution in [3.63, 3.8) is 0 Å². The summed E-state index contributed by atoms with van der Waals surface area (Å²) in [5.41, 5.74) is 0.453. The highest BCUT2D eigenvalue weighted by Crippen LogP contribution is 2.22. The molecule has 1 aromatic heterocycles. The molecule has 0 aliphatic heterocycles. The molecule has 0 atom stereocenters. The van der Waals surface area contributed by atoms with Gasteiger partial charge >= 0.3 is 12.2 Å². The molecule has 4 nitrogen and oxygen atoms in total. The number of hydrogen-bond acceptors (Lipinski definition) is 4. The summed E-state index contributed by atoms with van der Waals surface area (Å²) in [4.78, 5) is 9.31. The third kappa shape index (κ3) is 2.40. The molecule has 0 aliphatic carbocycles. The van der Waals surface area contributed by atoms with Gasteiger partial charge in [-0.3, -0.25) is 0 Å². The zero-order valence-corrected chi connectivity index (χ0v) is 8.54. The monoisotopic (exact) mass is 242 g/mol. The van der Waals surface area contributed by atoms with E-state index in [1.54, 1.807) is 24.3 Å². The van der Waals surface area contributed by atoms with Gasteiger partial charge in [0.1, 0.15) is 0 Å². The molecule has 0 aliphatic rings. The van der Waals surface area contributed by atoms with Crippen molar-refractivity contribution in [3.05, 3.63) is 41.4 Å². The maximum atomic E-state index is 12.7. The number of nitrogens with one attached hydrogen (secondary N) is 1. The Morgan fingerprint density at radius 3 is 2.25 bits per heavy atom. The van der Waals surface area contributed by atoms with E-state index in [1.807, 2.05) is 0 Å². The Labute approximate surface area is 94.3 Å². The van der Waals surface area contributed by atoms with Crippen molar-refractivity contribution in [2.45, 2.75) is 0 Å². The van der Waals surface area contributed by atoms with Crippen molar-refractivity contribution in [1.29, 1.82) is 0 Å². The number of hydrogen-bond donors (Lipinski definition) is 1. The Bertz CT molecular complexity index is 500. The molecule has 1 aromatic carbocycles. The SMILES string of the molecule is Fc1nc(F)nc(Nc2ccccc2Cl)n1. The van der Waals surface area contributed by atoms with Crippen LogP contribution in [0.25, 0.3) is 0 Å². The van der Waals surface area contributed by atoms with Crippen LogP contribution >= 0.6 is 11.6 Å². The molecule has 0 amide bonds. The molecule has 0 fully saturated rings. The van der Waals surface area contributed by atoms with E-state index in [0.717, 1.165) is 0 Å². The molecule has 2 rings (SSSR count). The summed E-state index contributed by atoms with van der Waals surface area (Å²) in [6.07, 6.45) is -2.39. The van der Waals surface area contributed by atoms with Crippen LogP contribution in [0, 0.1) is 12.2 Å². The van der Waals surface area contributed by atoms with Crippen LogP contribution < -0.4 is 5.32 Å². The van der Waals surface area contributed by atoms with Crippen LogP contribution in [-0.2, 0) is 0 Å². The summed E-state index contributed by atoms with van der Waals surface area (Å²) in [5, 5.41) is 2.97. The summed E-state index contributed by atoms with van der Waals surface area (Å²) in [6, 6.07) is 6.68. The molecule has 0 saturated heterocycles. The van der Waals surface area contributed by atoms with E-state index < -0.39 is 12.2 Å². The van der Waals surface area contributed by atoms with Crippen molar-refractivity contribution in [1.82, 2.24) is 15.0 Å². The van der Waals surface area contributed by atoms with Crippen LogP contribution in [0.5, 0.6) is 0 Å². The number of nitrogens with zero attached hydrogens (tertiary/aromatic N) is 3. The highest BCUT2D eigenvalue weighted by atomic mass is 35.5. The van der Waals surface area contributed by atoms with Gasteiger partial charge in [-0.05, 0) is 12.1 Å². The first-order chi connectivity index (χ1) is 7.65. The topological polar surface area (TPSA) is 50.7 Å². The van der Waals surface area contributed by atoms with E-state index in [1.165, 1.54) is 0 Å². The van der Waals surface area contributed by atoms with Gasteiger partial charge in [0.2, 0.25) is 5.95 Å². The maximum Gasteiger partial charge on any atom is 0.315 e. The quantitative estimate of drug-likeness (QED) is 0.879. The van der Waals surface area contributed by atoms with Crippen LogP contribution in [0.15, 0.2) is 24.3 Å². The lowest BCUT2D eigenvalue weighted by Gasteiger charge is -2.05. The van der Waals surface area contributed by atoms with Crippen molar-refractivity contribution in [3.8, 4) is 0 Å². The number of anilines is 2. The first-order valence-electron chi connectivity index (χ1n) is 4.24. The van der Waals surface area contributed by atoms with Gasteiger partial charge in [-0.25, -0.2) is 0 Å². The van der Waals surface area contributed by atoms with Crippen LogP contribution in [0.1, 0.15) is 0 Å². The molecule has 16 heavy (non-hydrogen) atoms. The molecule has 1 heterocycles. The smallest absolute Gasteiger partial charge is 0.315 e. The first-order valence-corrected chi connectivity index (χ1v) is 4.61. The number of rotatable bonds is 2. The first kappa shape index (κ1) is 10.7. The Morgan fingerprint density at radius 2 is 1.62 bits per heavy atom. The van der Waals surface area contributed by atoms with Gasteiger partial charge in [-0.1, -0.05) is 23.7 Å². The minimum absolute atomic E-state index is 0.238. The minimum atomic E-state index is -1.19. The second-order valence-electron chi connectivity index (χ2n) is 2.80. The Balaban J connectivity index is 2.30. The summed E-state index contributed by atoms with van der Waals surface area (Å²) in [6.45, 7) is 0. The summed E-state index contributed by atoms with van der Waals surface area (Å²) >= 11 is 5.83. The summed E-state index contributed by atoms with van der Waals surface area (Å²) in [7, 11) is 0. The zero-order chi connectivity index (χ0) is 11.5. The average molecular weight is 243 g/mol. The van der Waals surface area contributed by atoms with Gasteiger partial charge in [0.25, 0.3) is 0 Å². The van der Waals surface area contributed by atoms with Gasteiger partial charge in [-0.2, -0.15) is 23.7 Å². The predicted molar refractivity (Wildman–Crippen MR) is 54.5 cm³/mol. The van der Waals surface area contributed by atoms with Crippen LogP contribution in [0.3, 0.4) is 0 Å². The average Bonchev–Trinajstić information content (AvgIpc) is 2.20. The lowest BCUT2D eigenvalue weighted by Crippen LogP contribution is -2.04. The van der Waals surface area contributed by atoms with Gasteiger partial charge in [0.15, 0.2) is 0 Å². The molecular formula is C9H5ClF2N4. The molecule has 2 aromatic rings. The van der Waals surface area contributed by atoms with Crippen molar-refractivity contribution < 1.29 is 8.78 Å². The van der Waals surface area contributed by atoms with E-state index in [-0.39, 0.29) is 5.95 Å². The van der Waals surface area contributed by atoms with Gasteiger partial charge in [0.05, 0.1) is 10.7 Å². The number of benzene rings is 1. The predicted octanol–water partition coefficient (Wildman–Crippen LogP) is 2.55. The molecule has 0 unspecified atom stereocenters. The highest BCUT2D eigenvalue weighted by molar-refractivity contribution is 6.33.